The molecule has 0 aliphatic heterocycles. The van der Waals surface area contributed by atoms with Gasteiger partial charge in [0.2, 0.25) is 0 Å². The van der Waals surface area contributed by atoms with Crippen LogP contribution in [0.15, 0.2) is 60.7 Å². The van der Waals surface area contributed by atoms with E-state index in [1.807, 2.05) is 60.7 Å². The lowest BCUT2D eigenvalue weighted by Gasteiger charge is -2.23. The summed E-state index contributed by atoms with van der Waals surface area (Å²) in [6, 6.07) is 18.5. The minimum atomic E-state index is -0.774. The van der Waals surface area contributed by atoms with E-state index in [-0.39, 0.29) is 6.61 Å². The number of carbonyl (C=O) groups excluding carboxylic acids is 2. The van der Waals surface area contributed by atoms with Crippen molar-refractivity contribution in [2.75, 3.05) is 0 Å². The van der Waals surface area contributed by atoms with Crippen molar-refractivity contribution in [1.29, 1.82) is 0 Å². The number of hydrogen-bond acceptors (Lipinski definition) is 4. The summed E-state index contributed by atoms with van der Waals surface area (Å²) < 4.78 is 10.7. The van der Waals surface area contributed by atoms with Crippen molar-refractivity contribution in [1.82, 2.24) is 5.32 Å². The number of nitrogens with one attached hydrogen (secondary N) is 1. The van der Waals surface area contributed by atoms with Crippen LogP contribution in [0.5, 0.6) is 0 Å². The standard InChI is InChI=1S/C22H27NO4/c1-22(2,3)27-21(25)23-19(15-14-17-10-6-4-7-11-17)20(24)26-16-18-12-8-5-9-13-18/h4-13,19H,14-16H2,1-3H3,(H,23,25). The predicted molar refractivity (Wildman–Crippen MR) is 104 cm³/mol. The first kappa shape index (κ1) is 20.5. The zero-order chi connectivity index (χ0) is 19.7. The van der Waals surface area contributed by atoms with Gasteiger partial charge in [-0.1, -0.05) is 60.7 Å². The van der Waals surface area contributed by atoms with Gasteiger partial charge in [-0.25, -0.2) is 9.59 Å². The van der Waals surface area contributed by atoms with Crippen LogP contribution in [-0.2, 0) is 27.3 Å². The minimum absolute atomic E-state index is 0.164. The highest BCUT2D eigenvalue weighted by Gasteiger charge is 2.25. The first-order chi connectivity index (χ1) is 12.8. The lowest BCUT2D eigenvalue weighted by atomic mass is 10.1. The molecule has 0 saturated carbocycles. The number of aryl methyl sites for hydroxylation is 1. The smallest absolute Gasteiger partial charge is 0.408 e. The Morgan fingerprint density at radius 2 is 1.48 bits per heavy atom. The molecule has 0 bridgehead atoms. The van der Waals surface area contributed by atoms with Crippen LogP contribution in [0.2, 0.25) is 0 Å². The quantitative estimate of drug-likeness (QED) is 0.741. The summed E-state index contributed by atoms with van der Waals surface area (Å²) in [5, 5.41) is 2.64. The molecule has 5 heteroatoms. The van der Waals surface area contributed by atoms with Gasteiger partial charge >= 0.3 is 12.1 Å². The van der Waals surface area contributed by atoms with Crippen LogP contribution in [-0.4, -0.2) is 23.7 Å². The van der Waals surface area contributed by atoms with E-state index in [0.717, 1.165) is 11.1 Å². The molecule has 27 heavy (non-hydrogen) atoms. The Bertz CT molecular complexity index is 723. The number of alkyl carbamates (subject to hydrolysis) is 1. The van der Waals surface area contributed by atoms with Crippen LogP contribution in [0.4, 0.5) is 4.79 Å². The predicted octanol–water partition coefficient (Wildman–Crippen LogP) is 4.26. The van der Waals surface area contributed by atoms with E-state index < -0.39 is 23.7 Å². The minimum Gasteiger partial charge on any atom is -0.459 e. The molecule has 0 spiro atoms. The van der Waals surface area contributed by atoms with E-state index in [1.54, 1.807) is 20.8 Å². The van der Waals surface area contributed by atoms with E-state index in [2.05, 4.69) is 5.32 Å². The fraction of sp³-hybridized carbons (Fsp3) is 0.364. The average molecular weight is 369 g/mol. The highest BCUT2D eigenvalue weighted by Crippen LogP contribution is 2.11. The van der Waals surface area contributed by atoms with E-state index in [9.17, 15) is 9.59 Å². The molecule has 0 aliphatic rings. The number of carbonyl (C=O) groups is 2. The molecule has 1 unspecified atom stereocenters. The van der Waals surface area contributed by atoms with Crippen molar-refractivity contribution in [2.45, 2.75) is 51.9 Å². The Kier molecular flexibility index (Phi) is 7.41. The molecule has 2 aromatic rings. The molecule has 144 valence electrons. The van der Waals surface area contributed by atoms with Gasteiger partial charge in [-0.15, -0.1) is 0 Å². The lowest BCUT2D eigenvalue weighted by molar-refractivity contribution is -0.147. The number of amides is 1. The highest BCUT2D eigenvalue weighted by molar-refractivity contribution is 5.81. The molecular weight excluding hydrogens is 342 g/mol. The van der Waals surface area contributed by atoms with E-state index in [4.69, 9.17) is 9.47 Å². The molecule has 1 N–H and O–H groups in total. The summed E-state index contributed by atoms with van der Waals surface area (Å²) in [5.74, 6) is -0.472. The molecule has 2 aromatic carbocycles. The van der Waals surface area contributed by atoms with Gasteiger partial charge < -0.3 is 14.8 Å². The Morgan fingerprint density at radius 1 is 0.926 bits per heavy atom. The summed E-state index contributed by atoms with van der Waals surface area (Å²) in [4.78, 5) is 24.7. The van der Waals surface area contributed by atoms with Gasteiger partial charge in [0.15, 0.2) is 0 Å². The average Bonchev–Trinajstić information content (AvgIpc) is 2.63. The molecule has 1 atom stereocenters. The van der Waals surface area contributed by atoms with Gasteiger partial charge in [0, 0.05) is 0 Å². The summed E-state index contributed by atoms with van der Waals surface area (Å²) in [7, 11) is 0. The summed E-state index contributed by atoms with van der Waals surface area (Å²) in [5.41, 5.74) is 1.34. The molecular formula is C22H27NO4. The maximum absolute atomic E-state index is 12.5. The van der Waals surface area contributed by atoms with Gasteiger partial charge in [-0.3, -0.25) is 0 Å². The molecule has 5 nitrogen and oxygen atoms in total. The normalized spacial score (nSPS) is 12.1. The van der Waals surface area contributed by atoms with Crippen LogP contribution < -0.4 is 5.32 Å². The van der Waals surface area contributed by atoms with Gasteiger partial charge in [-0.05, 0) is 44.7 Å². The largest absolute Gasteiger partial charge is 0.459 e. The van der Waals surface area contributed by atoms with Gasteiger partial charge in [0.1, 0.15) is 18.2 Å². The Balaban J connectivity index is 1.98. The summed E-state index contributed by atoms with van der Waals surface area (Å²) in [6.07, 6.45) is 0.441. The van der Waals surface area contributed by atoms with Crippen molar-refractivity contribution >= 4 is 12.1 Å². The summed E-state index contributed by atoms with van der Waals surface area (Å²) in [6.45, 7) is 5.50. The third-order valence-corrected chi connectivity index (χ3v) is 3.76. The molecule has 1 amide bonds. The van der Waals surface area contributed by atoms with Crippen LogP contribution >= 0.6 is 0 Å². The molecule has 0 heterocycles. The second kappa shape index (κ2) is 9.76. The van der Waals surface area contributed by atoms with Crippen molar-refractivity contribution < 1.29 is 19.1 Å². The molecule has 2 rings (SSSR count). The SMILES string of the molecule is CC(C)(C)OC(=O)NC(CCc1ccccc1)C(=O)OCc1ccccc1. The molecule has 0 aromatic heterocycles. The first-order valence-corrected chi connectivity index (χ1v) is 9.07. The number of esters is 1. The third-order valence-electron chi connectivity index (χ3n) is 3.76. The highest BCUT2D eigenvalue weighted by atomic mass is 16.6. The lowest BCUT2D eigenvalue weighted by Crippen LogP contribution is -2.44. The van der Waals surface area contributed by atoms with Crippen LogP contribution in [0, 0.1) is 0 Å². The van der Waals surface area contributed by atoms with E-state index in [0.29, 0.717) is 12.8 Å². The number of ether oxygens (including phenoxy) is 2. The maximum atomic E-state index is 12.5. The number of rotatable bonds is 7. The van der Waals surface area contributed by atoms with Crippen molar-refractivity contribution in [3.63, 3.8) is 0 Å². The van der Waals surface area contributed by atoms with Gasteiger partial charge in [0.25, 0.3) is 0 Å². The van der Waals surface area contributed by atoms with Crippen LogP contribution in [0.3, 0.4) is 0 Å². The molecule has 0 fully saturated rings. The van der Waals surface area contributed by atoms with Crippen molar-refractivity contribution in [2.24, 2.45) is 0 Å². The summed E-state index contributed by atoms with van der Waals surface area (Å²) >= 11 is 0. The van der Waals surface area contributed by atoms with Gasteiger partial charge in [0.05, 0.1) is 0 Å². The molecule has 0 saturated heterocycles. The topological polar surface area (TPSA) is 64.6 Å². The first-order valence-electron chi connectivity index (χ1n) is 9.07. The second-order valence-electron chi connectivity index (χ2n) is 7.32. The monoisotopic (exact) mass is 369 g/mol. The van der Waals surface area contributed by atoms with Crippen molar-refractivity contribution in [3.05, 3.63) is 71.8 Å². The zero-order valence-electron chi connectivity index (χ0n) is 16.1. The van der Waals surface area contributed by atoms with Gasteiger partial charge in [-0.2, -0.15) is 0 Å². The van der Waals surface area contributed by atoms with Crippen LogP contribution in [0.25, 0.3) is 0 Å². The number of hydrogen-bond donors (Lipinski definition) is 1. The van der Waals surface area contributed by atoms with Crippen LogP contribution in [0.1, 0.15) is 38.3 Å². The second-order valence-corrected chi connectivity index (χ2v) is 7.32. The fourth-order valence-electron chi connectivity index (χ4n) is 2.48. The Hall–Kier alpha value is -2.82. The Morgan fingerprint density at radius 3 is 2.04 bits per heavy atom. The van der Waals surface area contributed by atoms with Crippen molar-refractivity contribution in [3.8, 4) is 0 Å². The van der Waals surface area contributed by atoms with E-state index >= 15 is 0 Å². The van der Waals surface area contributed by atoms with E-state index in [1.165, 1.54) is 0 Å². The Labute approximate surface area is 160 Å². The maximum Gasteiger partial charge on any atom is 0.408 e. The fourth-order valence-corrected chi connectivity index (χ4v) is 2.48. The number of benzene rings is 2. The molecule has 0 radical (unpaired) electrons. The third kappa shape index (κ3) is 7.94. The zero-order valence-corrected chi connectivity index (χ0v) is 16.1. The molecule has 0 aliphatic carbocycles.